The number of ether oxygens (including phenoxy) is 1. The highest BCUT2D eigenvalue weighted by atomic mass is 35.5. The number of aryl methyl sites for hydroxylation is 1. The molecule has 3 atom stereocenters. The van der Waals surface area contributed by atoms with Crippen molar-refractivity contribution >= 4 is 21.4 Å². The molecule has 0 radical (unpaired) electrons. The maximum absolute atomic E-state index is 13.4. The molecule has 1 aliphatic rings. The van der Waals surface area contributed by atoms with Crippen LogP contribution in [0.4, 0.5) is 0 Å². The van der Waals surface area contributed by atoms with Gasteiger partial charge in [-0.2, -0.15) is 0 Å². The van der Waals surface area contributed by atoms with E-state index in [-0.39, 0.29) is 12.5 Å². The van der Waals surface area contributed by atoms with Crippen LogP contribution < -0.4 is 5.73 Å². The van der Waals surface area contributed by atoms with Crippen LogP contribution in [0.15, 0.2) is 53.4 Å². The van der Waals surface area contributed by atoms with Crippen molar-refractivity contribution in [3.63, 3.8) is 0 Å². The van der Waals surface area contributed by atoms with Crippen LogP contribution in [0.1, 0.15) is 24.0 Å². The van der Waals surface area contributed by atoms with Crippen LogP contribution >= 0.6 is 11.6 Å². The van der Waals surface area contributed by atoms with E-state index in [1.165, 1.54) is 0 Å². The largest absolute Gasteiger partial charge is 0.381 e. The minimum absolute atomic E-state index is 0.206. The predicted molar refractivity (Wildman–Crippen MR) is 104 cm³/mol. The van der Waals surface area contributed by atoms with E-state index < -0.39 is 20.5 Å². The third kappa shape index (κ3) is 3.29. The molecule has 2 aromatic rings. The quantitative estimate of drug-likeness (QED) is 0.780. The molecule has 1 fully saturated rings. The Hall–Kier alpha value is -1.40. The second kappa shape index (κ2) is 7.31. The third-order valence-corrected chi connectivity index (χ3v) is 7.84. The van der Waals surface area contributed by atoms with Gasteiger partial charge in [-0.25, -0.2) is 8.42 Å². The van der Waals surface area contributed by atoms with Crippen molar-refractivity contribution < 1.29 is 13.2 Å². The van der Waals surface area contributed by atoms with Gasteiger partial charge < -0.3 is 10.5 Å². The van der Waals surface area contributed by atoms with Crippen molar-refractivity contribution in [2.45, 2.75) is 29.9 Å². The standard InChI is InChI=1S/C20H24ClNO3S/c1-3-25-13-20(12-22)18(15-6-8-16(21)9-7-15)19(20)26(23,24)17-10-4-14(2)5-11-17/h4-11,18-19H,3,12-13,22H2,1-2H3/t18-,19+,20+/m0/s1. The molecular formula is C20H24ClNO3S. The summed E-state index contributed by atoms with van der Waals surface area (Å²) in [6.45, 7) is 4.92. The van der Waals surface area contributed by atoms with Crippen molar-refractivity contribution in [3.05, 3.63) is 64.7 Å². The summed E-state index contributed by atoms with van der Waals surface area (Å²) in [5.41, 5.74) is 7.42. The van der Waals surface area contributed by atoms with E-state index in [1.807, 2.05) is 38.1 Å². The Labute approximate surface area is 160 Å². The topological polar surface area (TPSA) is 69.4 Å². The SMILES string of the molecule is CCOC[C@@]1(CN)[C@H](S(=O)(=O)c2ccc(C)cc2)[C@@H]1c1ccc(Cl)cc1. The molecule has 2 N–H and O–H groups in total. The Morgan fingerprint density at radius 2 is 1.73 bits per heavy atom. The first-order valence-corrected chi connectivity index (χ1v) is 10.6. The van der Waals surface area contributed by atoms with Crippen LogP contribution in [0.3, 0.4) is 0 Å². The maximum atomic E-state index is 13.4. The van der Waals surface area contributed by atoms with E-state index in [0.717, 1.165) is 11.1 Å². The van der Waals surface area contributed by atoms with Crippen molar-refractivity contribution in [2.75, 3.05) is 19.8 Å². The maximum Gasteiger partial charge on any atom is 0.182 e. The van der Waals surface area contributed by atoms with Gasteiger partial charge in [0.05, 0.1) is 16.8 Å². The van der Waals surface area contributed by atoms with E-state index in [2.05, 4.69) is 0 Å². The van der Waals surface area contributed by atoms with Crippen molar-refractivity contribution in [3.8, 4) is 0 Å². The summed E-state index contributed by atoms with van der Waals surface area (Å²) in [5.74, 6) is -0.206. The van der Waals surface area contributed by atoms with Crippen molar-refractivity contribution in [1.29, 1.82) is 0 Å². The van der Waals surface area contributed by atoms with Crippen molar-refractivity contribution in [2.24, 2.45) is 11.1 Å². The molecule has 1 aliphatic carbocycles. The predicted octanol–water partition coefficient (Wildman–Crippen LogP) is 3.57. The second-order valence-corrected chi connectivity index (χ2v) is 9.39. The van der Waals surface area contributed by atoms with Gasteiger partial charge in [-0.1, -0.05) is 41.4 Å². The average Bonchev–Trinajstić information content (AvgIpc) is 3.31. The van der Waals surface area contributed by atoms with Crippen LogP contribution in [-0.4, -0.2) is 33.4 Å². The Morgan fingerprint density at radius 1 is 1.12 bits per heavy atom. The third-order valence-electron chi connectivity index (χ3n) is 5.25. The summed E-state index contributed by atoms with van der Waals surface area (Å²) in [5, 5.41) is 0.0194. The van der Waals surface area contributed by atoms with Gasteiger partial charge in [-0.15, -0.1) is 0 Å². The molecule has 0 bridgehead atoms. The molecular weight excluding hydrogens is 370 g/mol. The molecule has 26 heavy (non-hydrogen) atoms. The van der Waals surface area contributed by atoms with Gasteiger partial charge in [0.1, 0.15) is 0 Å². The lowest BCUT2D eigenvalue weighted by Gasteiger charge is -2.16. The van der Waals surface area contributed by atoms with E-state index in [1.54, 1.807) is 24.3 Å². The first kappa shape index (κ1) is 19.4. The highest BCUT2D eigenvalue weighted by Crippen LogP contribution is 2.63. The molecule has 140 valence electrons. The zero-order chi connectivity index (χ0) is 18.9. The van der Waals surface area contributed by atoms with Gasteiger partial charge in [0.2, 0.25) is 0 Å². The van der Waals surface area contributed by atoms with E-state index in [4.69, 9.17) is 22.1 Å². The number of benzene rings is 2. The van der Waals surface area contributed by atoms with Gasteiger partial charge in [0, 0.05) is 29.5 Å². The molecule has 0 heterocycles. The lowest BCUT2D eigenvalue weighted by Crippen LogP contribution is -2.29. The lowest BCUT2D eigenvalue weighted by molar-refractivity contribution is 0.101. The Morgan fingerprint density at radius 3 is 2.27 bits per heavy atom. The summed E-state index contributed by atoms with van der Waals surface area (Å²) in [6.07, 6.45) is 0. The van der Waals surface area contributed by atoms with E-state index in [9.17, 15) is 8.42 Å². The molecule has 3 rings (SSSR count). The lowest BCUT2D eigenvalue weighted by atomic mass is 10.00. The van der Waals surface area contributed by atoms with Crippen molar-refractivity contribution in [1.82, 2.24) is 0 Å². The first-order valence-electron chi connectivity index (χ1n) is 8.70. The fourth-order valence-electron chi connectivity index (χ4n) is 3.76. The Bertz CT molecular complexity index is 865. The average molecular weight is 394 g/mol. The summed E-state index contributed by atoms with van der Waals surface area (Å²) in [7, 11) is -3.53. The molecule has 1 saturated carbocycles. The second-order valence-electron chi connectivity index (χ2n) is 6.88. The van der Waals surface area contributed by atoms with Crippen LogP contribution in [-0.2, 0) is 14.6 Å². The van der Waals surface area contributed by atoms with Crippen LogP contribution in [0, 0.1) is 12.3 Å². The first-order chi connectivity index (χ1) is 12.4. The van der Waals surface area contributed by atoms with Gasteiger partial charge in [0.15, 0.2) is 9.84 Å². The monoisotopic (exact) mass is 393 g/mol. The van der Waals surface area contributed by atoms with E-state index in [0.29, 0.717) is 23.1 Å². The number of hydrogen-bond donors (Lipinski definition) is 1. The van der Waals surface area contributed by atoms with E-state index >= 15 is 0 Å². The van der Waals surface area contributed by atoms with Gasteiger partial charge >= 0.3 is 0 Å². The molecule has 2 aromatic carbocycles. The van der Waals surface area contributed by atoms with Gasteiger partial charge in [-0.05, 0) is 43.7 Å². The van der Waals surface area contributed by atoms with Crippen LogP contribution in [0.2, 0.25) is 5.02 Å². The molecule has 0 aliphatic heterocycles. The summed E-state index contributed by atoms with van der Waals surface area (Å²) >= 11 is 5.99. The Kier molecular flexibility index (Phi) is 5.45. The molecule has 0 spiro atoms. The molecule has 0 saturated heterocycles. The molecule has 0 aromatic heterocycles. The fourth-order valence-corrected chi connectivity index (χ4v) is 6.33. The number of rotatable bonds is 7. The minimum Gasteiger partial charge on any atom is -0.381 e. The van der Waals surface area contributed by atoms with Crippen LogP contribution in [0.25, 0.3) is 0 Å². The van der Waals surface area contributed by atoms with Crippen LogP contribution in [0.5, 0.6) is 0 Å². The minimum atomic E-state index is -3.53. The zero-order valence-electron chi connectivity index (χ0n) is 15.0. The number of nitrogens with two attached hydrogens (primary N) is 1. The highest BCUT2D eigenvalue weighted by Gasteiger charge is 2.70. The van der Waals surface area contributed by atoms with Gasteiger partial charge in [0.25, 0.3) is 0 Å². The summed E-state index contributed by atoms with van der Waals surface area (Å²) in [4.78, 5) is 0.332. The normalized spacial score (nSPS) is 25.2. The molecule has 0 amide bonds. The summed E-state index contributed by atoms with van der Waals surface area (Å²) in [6, 6.07) is 14.3. The number of hydrogen-bond acceptors (Lipinski definition) is 4. The number of halogens is 1. The summed E-state index contributed by atoms with van der Waals surface area (Å²) < 4.78 is 32.4. The highest BCUT2D eigenvalue weighted by molar-refractivity contribution is 7.92. The molecule has 4 nitrogen and oxygen atoms in total. The number of sulfone groups is 1. The Balaban J connectivity index is 2.03. The fraction of sp³-hybridized carbons (Fsp3) is 0.400. The molecule has 6 heteroatoms. The smallest absolute Gasteiger partial charge is 0.182 e. The molecule has 0 unspecified atom stereocenters. The zero-order valence-corrected chi connectivity index (χ0v) is 16.6. The van der Waals surface area contributed by atoms with Gasteiger partial charge in [-0.3, -0.25) is 0 Å².